The molecule has 0 amide bonds. The van der Waals surface area contributed by atoms with E-state index in [0.717, 1.165) is 12.8 Å². The molecule has 2 N–H and O–H groups in total. The Balaban J connectivity index is 2.34. The maximum Gasteiger partial charge on any atom is 0.0335 e. The van der Waals surface area contributed by atoms with Crippen molar-refractivity contribution in [3.05, 3.63) is 12.2 Å². The first-order valence-electron chi connectivity index (χ1n) is 5.29. The van der Waals surface area contributed by atoms with Gasteiger partial charge in [-0.2, -0.15) is 11.8 Å². The van der Waals surface area contributed by atoms with E-state index in [4.69, 9.17) is 5.73 Å². The highest BCUT2D eigenvalue weighted by Crippen LogP contribution is 2.19. The highest BCUT2D eigenvalue weighted by atomic mass is 32.2. The van der Waals surface area contributed by atoms with E-state index in [1.54, 1.807) is 0 Å². The Kier molecular flexibility index (Phi) is 4.99. The van der Waals surface area contributed by atoms with Crippen molar-refractivity contribution in [2.75, 3.05) is 25.1 Å². The first kappa shape index (κ1) is 12.1. The molecular formula is C11H22N2S. The van der Waals surface area contributed by atoms with Crippen molar-refractivity contribution in [1.29, 1.82) is 0 Å². The van der Waals surface area contributed by atoms with E-state index in [-0.39, 0.29) is 0 Å². The van der Waals surface area contributed by atoms with Crippen LogP contribution in [-0.2, 0) is 0 Å². The van der Waals surface area contributed by atoms with Crippen LogP contribution in [0.2, 0.25) is 0 Å². The predicted octanol–water partition coefficient (Wildman–Crippen LogP) is 1.72. The highest BCUT2D eigenvalue weighted by Gasteiger charge is 2.24. The zero-order valence-electron chi connectivity index (χ0n) is 9.33. The molecule has 2 atom stereocenters. The van der Waals surface area contributed by atoms with Gasteiger partial charge in [-0.3, -0.25) is 0 Å². The fraction of sp³-hybridized carbons (Fsp3) is 0.818. The van der Waals surface area contributed by atoms with Crippen molar-refractivity contribution in [3.63, 3.8) is 0 Å². The van der Waals surface area contributed by atoms with Gasteiger partial charge in [0.2, 0.25) is 0 Å². The van der Waals surface area contributed by atoms with Gasteiger partial charge in [0.05, 0.1) is 0 Å². The molecular weight excluding hydrogens is 192 g/mol. The molecule has 14 heavy (non-hydrogen) atoms. The fourth-order valence-corrected chi connectivity index (χ4v) is 3.09. The van der Waals surface area contributed by atoms with Crippen LogP contribution in [-0.4, -0.2) is 42.1 Å². The van der Waals surface area contributed by atoms with Gasteiger partial charge in [-0.05, 0) is 26.8 Å². The zero-order valence-corrected chi connectivity index (χ0v) is 10.1. The summed E-state index contributed by atoms with van der Waals surface area (Å²) >= 11 is 2.03. The second-order valence-corrected chi connectivity index (χ2v) is 5.43. The average molecular weight is 214 g/mol. The SMILES string of the molecule is C=C(C)CCC(N)C1CSCCN1C. The van der Waals surface area contributed by atoms with Crippen molar-refractivity contribution >= 4 is 11.8 Å². The van der Waals surface area contributed by atoms with Gasteiger partial charge in [0.25, 0.3) is 0 Å². The summed E-state index contributed by atoms with van der Waals surface area (Å²) in [7, 11) is 2.19. The summed E-state index contributed by atoms with van der Waals surface area (Å²) in [6, 6.07) is 0.873. The lowest BCUT2D eigenvalue weighted by atomic mass is 10.0. The van der Waals surface area contributed by atoms with Crippen molar-refractivity contribution in [3.8, 4) is 0 Å². The summed E-state index contributed by atoms with van der Waals surface area (Å²) in [5.41, 5.74) is 7.43. The van der Waals surface area contributed by atoms with Gasteiger partial charge in [0, 0.05) is 30.1 Å². The van der Waals surface area contributed by atoms with Crippen LogP contribution in [0, 0.1) is 0 Å². The van der Waals surface area contributed by atoms with Crippen LogP contribution in [0.1, 0.15) is 19.8 Å². The molecule has 1 aliphatic heterocycles. The molecule has 0 radical (unpaired) electrons. The summed E-state index contributed by atoms with van der Waals surface area (Å²) in [6.07, 6.45) is 2.14. The summed E-state index contributed by atoms with van der Waals surface area (Å²) in [5.74, 6) is 2.44. The number of hydrogen-bond acceptors (Lipinski definition) is 3. The first-order valence-corrected chi connectivity index (χ1v) is 6.44. The number of nitrogens with two attached hydrogens (primary N) is 1. The van der Waals surface area contributed by atoms with Crippen molar-refractivity contribution < 1.29 is 0 Å². The molecule has 2 nitrogen and oxygen atoms in total. The minimum Gasteiger partial charge on any atom is -0.326 e. The molecule has 0 bridgehead atoms. The van der Waals surface area contributed by atoms with Gasteiger partial charge in [0.15, 0.2) is 0 Å². The van der Waals surface area contributed by atoms with Crippen LogP contribution in [0.4, 0.5) is 0 Å². The number of thioether (sulfide) groups is 1. The second-order valence-electron chi connectivity index (χ2n) is 4.28. The molecule has 3 heteroatoms. The van der Waals surface area contributed by atoms with E-state index in [1.807, 2.05) is 11.8 Å². The quantitative estimate of drug-likeness (QED) is 0.723. The summed E-state index contributed by atoms with van der Waals surface area (Å²) in [4.78, 5) is 2.40. The second kappa shape index (κ2) is 5.79. The smallest absolute Gasteiger partial charge is 0.0335 e. The van der Waals surface area contributed by atoms with Crippen molar-refractivity contribution in [1.82, 2.24) is 4.90 Å². The summed E-state index contributed by atoms with van der Waals surface area (Å²) in [6.45, 7) is 7.17. The Morgan fingerprint density at radius 3 is 3.00 bits per heavy atom. The molecule has 1 fully saturated rings. The molecule has 0 aromatic rings. The largest absolute Gasteiger partial charge is 0.326 e. The van der Waals surface area contributed by atoms with Gasteiger partial charge in [-0.15, -0.1) is 6.58 Å². The van der Waals surface area contributed by atoms with E-state index < -0.39 is 0 Å². The third-order valence-corrected chi connectivity index (χ3v) is 3.89. The third-order valence-electron chi connectivity index (χ3n) is 2.84. The normalized spacial score (nSPS) is 26.1. The predicted molar refractivity (Wildman–Crippen MR) is 65.8 cm³/mol. The van der Waals surface area contributed by atoms with Crippen LogP contribution < -0.4 is 5.73 Å². The zero-order chi connectivity index (χ0) is 10.6. The maximum atomic E-state index is 6.19. The summed E-state index contributed by atoms with van der Waals surface area (Å²) in [5, 5.41) is 0. The van der Waals surface area contributed by atoms with E-state index in [2.05, 4.69) is 25.5 Å². The number of allylic oxidation sites excluding steroid dienone is 1. The number of nitrogens with zero attached hydrogens (tertiary/aromatic N) is 1. The molecule has 1 rings (SSSR count). The average Bonchev–Trinajstić information content (AvgIpc) is 2.15. The van der Waals surface area contributed by atoms with Gasteiger partial charge in [-0.25, -0.2) is 0 Å². The number of rotatable bonds is 4. The standard InChI is InChI=1S/C11H22N2S/c1-9(2)4-5-10(12)11-8-14-7-6-13(11)3/h10-11H,1,4-8,12H2,2-3H3. The van der Waals surface area contributed by atoms with Crippen molar-refractivity contribution in [2.45, 2.75) is 31.8 Å². The topological polar surface area (TPSA) is 29.3 Å². The lowest BCUT2D eigenvalue weighted by Gasteiger charge is -2.36. The Morgan fingerprint density at radius 1 is 1.71 bits per heavy atom. The minimum absolute atomic E-state index is 0.310. The van der Waals surface area contributed by atoms with E-state index in [9.17, 15) is 0 Å². The van der Waals surface area contributed by atoms with Crippen LogP contribution in [0.3, 0.4) is 0 Å². The molecule has 0 aromatic carbocycles. The third kappa shape index (κ3) is 3.64. The molecule has 1 saturated heterocycles. The van der Waals surface area contributed by atoms with Gasteiger partial charge in [0.1, 0.15) is 0 Å². The Bertz CT molecular complexity index is 194. The molecule has 1 heterocycles. The van der Waals surface area contributed by atoms with Crippen LogP contribution in [0.15, 0.2) is 12.2 Å². The molecule has 2 unspecified atom stereocenters. The van der Waals surface area contributed by atoms with E-state index in [0.29, 0.717) is 12.1 Å². The van der Waals surface area contributed by atoms with Gasteiger partial charge in [-0.1, -0.05) is 5.57 Å². The van der Waals surface area contributed by atoms with E-state index in [1.165, 1.54) is 23.6 Å². The molecule has 0 saturated carbocycles. The van der Waals surface area contributed by atoms with Crippen LogP contribution in [0.25, 0.3) is 0 Å². The van der Waals surface area contributed by atoms with Gasteiger partial charge < -0.3 is 10.6 Å². The molecule has 0 aromatic heterocycles. The number of hydrogen-bond donors (Lipinski definition) is 1. The van der Waals surface area contributed by atoms with E-state index >= 15 is 0 Å². The Morgan fingerprint density at radius 2 is 2.43 bits per heavy atom. The molecule has 82 valence electrons. The Hall–Kier alpha value is 0.01000. The lowest BCUT2D eigenvalue weighted by Crippen LogP contribution is -2.50. The lowest BCUT2D eigenvalue weighted by molar-refractivity contribution is 0.230. The van der Waals surface area contributed by atoms with Gasteiger partial charge >= 0.3 is 0 Å². The monoisotopic (exact) mass is 214 g/mol. The summed E-state index contributed by atoms with van der Waals surface area (Å²) < 4.78 is 0. The molecule has 1 aliphatic rings. The number of likely N-dealkylation sites (N-methyl/N-ethyl adjacent to an activating group) is 1. The van der Waals surface area contributed by atoms with Crippen LogP contribution in [0.5, 0.6) is 0 Å². The highest BCUT2D eigenvalue weighted by molar-refractivity contribution is 7.99. The maximum absolute atomic E-state index is 6.19. The minimum atomic E-state index is 0.310. The first-order chi connectivity index (χ1) is 6.61. The molecule has 0 spiro atoms. The fourth-order valence-electron chi connectivity index (χ4n) is 1.76. The Labute approximate surface area is 91.9 Å². The van der Waals surface area contributed by atoms with Crippen molar-refractivity contribution in [2.24, 2.45) is 5.73 Å². The molecule has 0 aliphatic carbocycles. The van der Waals surface area contributed by atoms with Crippen LogP contribution >= 0.6 is 11.8 Å².